The van der Waals surface area contributed by atoms with Crippen LogP contribution in [0.25, 0.3) is 0 Å². The lowest BCUT2D eigenvalue weighted by Crippen LogP contribution is -2.53. The van der Waals surface area contributed by atoms with E-state index in [-0.39, 0.29) is 18.6 Å². The van der Waals surface area contributed by atoms with Crippen LogP contribution in [0.3, 0.4) is 0 Å². The third kappa shape index (κ3) is 7.01. The first kappa shape index (κ1) is 23.2. The van der Waals surface area contributed by atoms with E-state index < -0.39 is 17.4 Å². The lowest BCUT2D eigenvalue weighted by molar-refractivity contribution is -0.144. The zero-order valence-corrected chi connectivity index (χ0v) is 18.4. The van der Waals surface area contributed by atoms with Crippen molar-refractivity contribution in [1.29, 1.82) is 0 Å². The van der Waals surface area contributed by atoms with Crippen LogP contribution in [-0.4, -0.2) is 65.5 Å². The van der Waals surface area contributed by atoms with Gasteiger partial charge in [0.1, 0.15) is 11.3 Å². The summed E-state index contributed by atoms with van der Waals surface area (Å²) in [7, 11) is 0. The number of hydrogen-bond acceptors (Lipinski definition) is 6. The number of carbonyl (C=O) groups is 2. The summed E-state index contributed by atoms with van der Waals surface area (Å²) in [4.78, 5) is 28.6. The molecule has 1 aliphatic heterocycles. The van der Waals surface area contributed by atoms with E-state index in [1.54, 1.807) is 11.8 Å². The minimum atomic E-state index is -0.782. The molecular weight excluding hydrogens is 372 g/mol. The van der Waals surface area contributed by atoms with Crippen LogP contribution in [0.5, 0.6) is 0 Å². The second-order valence-electron chi connectivity index (χ2n) is 8.72. The van der Waals surface area contributed by atoms with Gasteiger partial charge in [-0.3, -0.25) is 14.6 Å². The maximum atomic E-state index is 12.9. The molecule has 2 rings (SSSR count). The average molecular weight is 407 g/mol. The molecule has 1 aliphatic rings. The summed E-state index contributed by atoms with van der Waals surface area (Å²) in [5.74, 6) is -0.287. The Hall–Kier alpha value is -2.12. The highest BCUT2D eigenvalue weighted by atomic mass is 16.6. The molecule has 0 aliphatic carbocycles. The highest BCUT2D eigenvalue weighted by molar-refractivity contribution is 5.72. The van der Waals surface area contributed by atoms with Gasteiger partial charge in [0.2, 0.25) is 0 Å². The molecule has 1 aromatic rings. The third-order valence-electron chi connectivity index (χ3n) is 4.54. The van der Waals surface area contributed by atoms with E-state index in [2.05, 4.69) is 0 Å². The van der Waals surface area contributed by atoms with Crippen molar-refractivity contribution < 1.29 is 23.8 Å². The average Bonchev–Trinajstić information content (AvgIpc) is 2.88. The van der Waals surface area contributed by atoms with Crippen molar-refractivity contribution in [2.75, 3.05) is 26.3 Å². The Kier molecular flexibility index (Phi) is 7.66. The van der Waals surface area contributed by atoms with Crippen LogP contribution in [0.15, 0.2) is 30.3 Å². The standard InChI is InChI=1S/C22H34N2O5/c1-7-27-19(25)15-23(13-17-11-9-8-10-12-17)14-18-16-28-22(5,6)24(18)20(26)29-21(2,3)4/h8-12,18H,7,13-16H2,1-6H3. The molecule has 29 heavy (non-hydrogen) atoms. The Bertz CT molecular complexity index is 684. The van der Waals surface area contributed by atoms with E-state index in [1.165, 1.54) is 0 Å². The van der Waals surface area contributed by atoms with Gasteiger partial charge in [-0.1, -0.05) is 30.3 Å². The number of benzene rings is 1. The maximum Gasteiger partial charge on any atom is 0.412 e. The maximum absolute atomic E-state index is 12.9. The normalized spacial score (nSPS) is 18.7. The Balaban J connectivity index is 2.17. The number of esters is 1. The van der Waals surface area contributed by atoms with Crippen LogP contribution < -0.4 is 0 Å². The summed E-state index contributed by atoms with van der Waals surface area (Å²) in [6, 6.07) is 9.67. The highest BCUT2D eigenvalue weighted by Gasteiger charge is 2.46. The summed E-state index contributed by atoms with van der Waals surface area (Å²) in [5.41, 5.74) is -0.302. The Morgan fingerprint density at radius 2 is 1.90 bits per heavy atom. The molecule has 0 radical (unpaired) electrons. The number of hydrogen-bond donors (Lipinski definition) is 0. The topological polar surface area (TPSA) is 68.3 Å². The van der Waals surface area contributed by atoms with Crippen LogP contribution in [0.4, 0.5) is 4.79 Å². The van der Waals surface area contributed by atoms with E-state index in [0.717, 1.165) is 5.56 Å². The molecule has 1 aromatic carbocycles. The molecule has 1 fully saturated rings. The van der Waals surface area contributed by atoms with Gasteiger partial charge in [0.15, 0.2) is 0 Å². The molecule has 1 saturated heterocycles. The van der Waals surface area contributed by atoms with E-state index in [0.29, 0.717) is 26.3 Å². The minimum Gasteiger partial charge on any atom is -0.465 e. The van der Waals surface area contributed by atoms with E-state index in [1.807, 2.05) is 69.9 Å². The van der Waals surface area contributed by atoms with Crippen LogP contribution in [0, 0.1) is 0 Å². The van der Waals surface area contributed by atoms with Gasteiger partial charge in [0, 0.05) is 13.1 Å². The number of amides is 1. The largest absolute Gasteiger partial charge is 0.465 e. The molecule has 1 heterocycles. The fourth-order valence-electron chi connectivity index (χ4n) is 3.41. The second kappa shape index (κ2) is 9.59. The fraction of sp³-hybridized carbons (Fsp3) is 0.636. The molecule has 0 aromatic heterocycles. The molecule has 1 atom stereocenters. The Morgan fingerprint density at radius 3 is 2.48 bits per heavy atom. The molecule has 0 spiro atoms. The molecule has 1 unspecified atom stereocenters. The zero-order chi connectivity index (χ0) is 21.7. The Labute approximate surface area is 173 Å². The second-order valence-corrected chi connectivity index (χ2v) is 8.72. The van der Waals surface area contributed by atoms with Gasteiger partial charge in [-0.2, -0.15) is 0 Å². The van der Waals surface area contributed by atoms with Crippen molar-refractivity contribution in [3.63, 3.8) is 0 Å². The van der Waals surface area contributed by atoms with Crippen LogP contribution >= 0.6 is 0 Å². The molecule has 0 saturated carbocycles. The van der Waals surface area contributed by atoms with Crippen LogP contribution in [-0.2, 0) is 25.5 Å². The van der Waals surface area contributed by atoms with Gasteiger partial charge in [-0.25, -0.2) is 4.79 Å². The first-order valence-corrected chi connectivity index (χ1v) is 10.1. The molecule has 1 amide bonds. The molecule has 0 bridgehead atoms. The van der Waals surface area contributed by atoms with Gasteiger partial charge < -0.3 is 14.2 Å². The van der Waals surface area contributed by atoms with Crippen LogP contribution in [0.2, 0.25) is 0 Å². The summed E-state index contributed by atoms with van der Waals surface area (Å²) in [6.07, 6.45) is -0.416. The molecule has 7 heteroatoms. The molecule has 162 valence electrons. The minimum absolute atomic E-state index is 0.141. The summed E-state index contributed by atoms with van der Waals surface area (Å²) in [6.45, 7) is 12.9. The van der Waals surface area contributed by atoms with E-state index in [9.17, 15) is 9.59 Å². The lowest BCUT2D eigenvalue weighted by Gasteiger charge is -2.36. The van der Waals surface area contributed by atoms with Crippen molar-refractivity contribution in [2.24, 2.45) is 0 Å². The molecule has 7 nitrogen and oxygen atoms in total. The summed E-state index contributed by atoms with van der Waals surface area (Å²) in [5, 5.41) is 0. The zero-order valence-electron chi connectivity index (χ0n) is 18.4. The first-order chi connectivity index (χ1) is 13.5. The highest BCUT2D eigenvalue weighted by Crippen LogP contribution is 2.30. The van der Waals surface area contributed by atoms with Gasteiger partial charge in [-0.05, 0) is 47.1 Å². The van der Waals surface area contributed by atoms with Crippen molar-refractivity contribution >= 4 is 12.1 Å². The van der Waals surface area contributed by atoms with Gasteiger partial charge >= 0.3 is 12.1 Å². The SMILES string of the molecule is CCOC(=O)CN(Cc1ccccc1)CC1COC(C)(C)N1C(=O)OC(C)(C)C. The molecular formula is C22H34N2O5. The molecule has 0 N–H and O–H groups in total. The quantitative estimate of drug-likeness (QED) is 0.647. The van der Waals surface area contributed by atoms with Crippen LogP contribution in [0.1, 0.15) is 47.1 Å². The van der Waals surface area contributed by atoms with Gasteiger partial charge in [0.05, 0.1) is 25.8 Å². The van der Waals surface area contributed by atoms with Crippen molar-refractivity contribution in [2.45, 2.75) is 65.5 Å². The van der Waals surface area contributed by atoms with Crippen molar-refractivity contribution in [3.05, 3.63) is 35.9 Å². The van der Waals surface area contributed by atoms with Gasteiger partial charge in [-0.15, -0.1) is 0 Å². The van der Waals surface area contributed by atoms with Gasteiger partial charge in [0.25, 0.3) is 0 Å². The van der Waals surface area contributed by atoms with E-state index >= 15 is 0 Å². The monoisotopic (exact) mass is 406 g/mol. The smallest absolute Gasteiger partial charge is 0.412 e. The Morgan fingerprint density at radius 1 is 1.24 bits per heavy atom. The summed E-state index contributed by atoms with van der Waals surface area (Å²) < 4.78 is 16.6. The first-order valence-electron chi connectivity index (χ1n) is 10.1. The predicted molar refractivity (Wildman–Crippen MR) is 110 cm³/mol. The van der Waals surface area contributed by atoms with Crippen molar-refractivity contribution in [3.8, 4) is 0 Å². The van der Waals surface area contributed by atoms with E-state index in [4.69, 9.17) is 14.2 Å². The number of rotatable bonds is 7. The number of ether oxygens (including phenoxy) is 3. The fourth-order valence-corrected chi connectivity index (χ4v) is 3.41. The predicted octanol–water partition coefficient (Wildman–Crippen LogP) is 3.42. The van der Waals surface area contributed by atoms with Crippen molar-refractivity contribution in [1.82, 2.24) is 9.80 Å². The third-order valence-corrected chi connectivity index (χ3v) is 4.54. The lowest BCUT2D eigenvalue weighted by atomic mass is 10.1. The summed E-state index contributed by atoms with van der Waals surface area (Å²) >= 11 is 0. The number of nitrogens with zero attached hydrogens (tertiary/aromatic N) is 2. The number of carbonyl (C=O) groups excluding carboxylic acids is 2.